The molecule has 110 valence electrons. The van der Waals surface area contributed by atoms with E-state index in [0.29, 0.717) is 11.0 Å². The number of phenols is 2. The highest BCUT2D eigenvalue weighted by molar-refractivity contribution is 6.58. The van der Waals surface area contributed by atoms with Crippen LogP contribution in [0.15, 0.2) is 51.7 Å². The fourth-order valence-electron chi connectivity index (χ4n) is 2.22. The monoisotopic (exact) mass is 298 g/mol. The number of aromatic hydroxyl groups is 2. The first-order chi connectivity index (χ1) is 10.5. The molecule has 0 bridgehead atoms. The van der Waals surface area contributed by atoms with Crippen LogP contribution >= 0.6 is 0 Å². The van der Waals surface area contributed by atoms with Gasteiger partial charge >= 0.3 is 7.12 Å². The second kappa shape index (κ2) is 5.21. The van der Waals surface area contributed by atoms with Gasteiger partial charge in [0.15, 0.2) is 5.43 Å². The van der Waals surface area contributed by atoms with Crippen LogP contribution < -0.4 is 10.9 Å². The van der Waals surface area contributed by atoms with E-state index in [9.17, 15) is 15.0 Å². The average Bonchev–Trinajstić information content (AvgIpc) is 2.46. The first kappa shape index (κ1) is 14.2. The molecule has 3 aromatic rings. The van der Waals surface area contributed by atoms with Crippen molar-refractivity contribution in [2.24, 2.45) is 0 Å². The molecule has 6 nitrogen and oxygen atoms in total. The van der Waals surface area contributed by atoms with E-state index in [0.717, 1.165) is 6.07 Å². The van der Waals surface area contributed by atoms with E-state index in [4.69, 9.17) is 14.5 Å². The molecule has 0 aliphatic heterocycles. The average molecular weight is 298 g/mol. The Morgan fingerprint density at radius 3 is 2.27 bits per heavy atom. The third-order valence-electron chi connectivity index (χ3n) is 3.29. The summed E-state index contributed by atoms with van der Waals surface area (Å²) >= 11 is 0. The molecule has 1 aromatic heterocycles. The van der Waals surface area contributed by atoms with E-state index in [1.54, 1.807) is 12.1 Å². The molecule has 4 N–H and O–H groups in total. The Kier molecular flexibility index (Phi) is 3.36. The maximum atomic E-state index is 12.1. The summed E-state index contributed by atoms with van der Waals surface area (Å²) in [5.74, 6) is -0.334. The molecule has 1 heterocycles. The zero-order valence-electron chi connectivity index (χ0n) is 11.2. The normalized spacial score (nSPS) is 10.8. The van der Waals surface area contributed by atoms with E-state index in [1.807, 2.05) is 0 Å². The summed E-state index contributed by atoms with van der Waals surface area (Å²) in [4.78, 5) is 12.1. The molecule has 0 saturated carbocycles. The quantitative estimate of drug-likeness (QED) is 0.514. The number of rotatable bonds is 2. The van der Waals surface area contributed by atoms with Crippen LogP contribution in [0.2, 0.25) is 0 Å². The third-order valence-corrected chi connectivity index (χ3v) is 3.29. The maximum absolute atomic E-state index is 12.1. The topological polar surface area (TPSA) is 111 Å². The SMILES string of the molecule is O=c1cc(-c2ccc(B(O)O)cc2)oc2cc(O)cc(O)c12. The molecule has 0 spiro atoms. The van der Waals surface area contributed by atoms with Gasteiger partial charge in [0.2, 0.25) is 0 Å². The van der Waals surface area contributed by atoms with Crippen LogP contribution in [0, 0.1) is 0 Å². The smallest absolute Gasteiger partial charge is 0.488 e. The van der Waals surface area contributed by atoms with Gasteiger partial charge in [0, 0.05) is 23.8 Å². The molecule has 0 unspecified atom stereocenters. The highest BCUT2D eigenvalue weighted by Crippen LogP contribution is 2.30. The molecule has 0 aliphatic carbocycles. The van der Waals surface area contributed by atoms with Crippen LogP contribution in [-0.4, -0.2) is 27.4 Å². The second-order valence-corrected chi connectivity index (χ2v) is 4.81. The molecule has 0 saturated heterocycles. The van der Waals surface area contributed by atoms with E-state index in [-0.39, 0.29) is 28.2 Å². The fraction of sp³-hybridized carbons (Fsp3) is 0. The van der Waals surface area contributed by atoms with Crippen molar-refractivity contribution in [3.8, 4) is 22.8 Å². The summed E-state index contributed by atoms with van der Waals surface area (Å²) in [6, 6.07) is 9.66. The van der Waals surface area contributed by atoms with Crippen molar-refractivity contribution in [2.75, 3.05) is 0 Å². The molecule has 0 aliphatic rings. The van der Waals surface area contributed by atoms with Gasteiger partial charge in [0.25, 0.3) is 0 Å². The van der Waals surface area contributed by atoms with E-state index < -0.39 is 12.5 Å². The van der Waals surface area contributed by atoms with Gasteiger partial charge in [-0.25, -0.2) is 0 Å². The fourth-order valence-corrected chi connectivity index (χ4v) is 2.22. The predicted molar refractivity (Wildman–Crippen MR) is 81.1 cm³/mol. The molecular weight excluding hydrogens is 287 g/mol. The molecule has 7 heteroatoms. The Bertz CT molecular complexity index is 898. The molecule has 0 atom stereocenters. The molecule has 0 fully saturated rings. The van der Waals surface area contributed by atoms with E-state index >= 15 is 0 Å². The minimum atomic E-state index is -1.58. The standard InChI is InChI=1S/C15H11BO6/c17-10-5-11(18)15-12(19)7-13(22-14(15)6-10)8-1-3-9(4-2-8)16(20)21/h1-7,17-18,20-21H. The number of fused-ring (bicyclic) bond motifs is 1. The molecular formula is C15H11BO6. The summed E-state index contributed by atoms with van der Waals surface area (Å²) in [7, 11) is -1.58. The van der Waals surface area contributed by atoms with Crippen molar-refractivity contribution in [1.82, 2.24) is 0 Å². The number of phenolic OH excluding ortho intramolecular Hbond substituents is 2. The lowest BCUT2D eigenvalue weighted by Gasteiger charge is -2.06. The molecule has 0 radical (unpaired) electrons. The van der Waals surface area contributed by atoms with Gasteiger partial charge in [-0.1, -0.05) is 24.3 Å². The number of hydrogen-bond acceptors (Lipinski definition) is 6. The summed E-state index contributed by atoms with van der Waals surface area (Å²) in [6.07, 6.45) is 0. The summed E-state index contributed by atoms with van der Waals surface area (Å²) in [6.45, 7) is 0. The van der Waals surface area contributed by atoms with Gasteiger partial charge in [-0.2, -0.15) is 0 Å². The third kappa shape index (κ3) is 2.43. The van der Waals surface area contributed by atoms with Crippen molar-refractivity contribution >= 4 is 23.6 Å². The lowest BCUT2D eigenvalue weighted by molar-refractivity contribution is 0.425. The molecule has 3 rings (SSSR count). The van der Waals surface area contributed by atoms with Crippen LogP contribution in [0.25, 0.3) is 22.3 Å². The van der Waals surface area contributed by atoms with Gasteiger partial charge in [0.05, 0.1) is 0 Å². The Balaban J connectivity index is 2.17. The van der Waals surface area contributed by atoms with E-state index in [2.05, 4.69) is 0 Å². The second-order valence-electron chi connectivity index (χ2n) is 4.81. The summed E-state index contributed by atoms with van der Waals surface area (Å²) in [5, 5.41) is 37.3. The molecule has 0 amide bonds. The Morgan fingerprint density at radius 1 is 0.955 bits per heavy atom. The lowest BCUT2D eigenvalue weighted by Crippen LogP contribution is -2.29. The van der Waals surface area contributed by atoms with Crippen molar-refractivity contribution in [2.45, 2.75) is 0 Å². The van der Waals surface area contributed by atoms with Crippen molar-refractivity contribution in [1.29, 1.82) is 0 Å². The Labute approximate surface area is 124 Å². The van der Waals surface area contributed by atoms with Gasteiger partial charge in [0.1, 0.15) is 28.2 Å². The maximum Gasteiger partial charge on any atom is 0.488 e. The van der Waals surface area contributed by atoms with Crippen molar-refractivity contribution in [3.05, 3.63) is 52.7 Å². The summed E-state index contributed by atoms with van der Waals surface area (Å²) < 4.78 is 5.55. The van der Waals surface area contributed by atoms with Gasteiger partial charge in [-0.05, 0) is 5.46 Å². The van der Waals surface area contributed by atoms with Crippen LogP contribution in [-0.2, 0) is 0 Å². The van der Waals surface area contributed by atoms with Crippen LogP contribution in [0.4, 0.5) is 0 Å². The van der Waals surface area contributed by atoms with Gasteiger partial charge in [-0.15, -0.1) is 0 Å². The van der Waals surface area contributed by atoms with Crippen LogP contribution in [0.1, 0.15) is 0 Å². The van der Waals surface area contributed by atoms with Gasteiger partial charge in [-0.3, -0.25) is 4.79 Å². The first-order valence-corrected chi connectivity index (χ1v) is 6.42. The van der Waals surface area contributed by atoms with Crippen molar-refractivity contribution < 1.29 is 24.7 Å². The zero-order chi connectivity index (χ0) is 15.9. The Hall–Kier alpha value is -2.77. The van der Waals surface area contributed by atoms with Crippen molar-refractivity contribution in [3.63, 3.8) is 0 Å². The molecule has 2 aromatic carbocycles. The summed E-state index contributed by atoms with van der Waals surface area (Å²) in [5.41, 5.74) is 0.472. The Morgan fingerprint density at radius 2 is 1.64 bits per heavy atom. The number of benzene rings is 2. The number of hydrogen-bond donors (Lipinski definition) is 4. The minimum Gasteiger partial charge on any atom is -0.508 e. The largest absolute Gasteiger partial charge is 0.508 e. The highest BCUT2D eigenvalue weighted by Gasteiger charge is 2.14. The van der Waals surface area contributed by atoms with Crippen LogP contribution in [0.5, 0.6) is 11.5 Å². The first-order valence-electron chi connectivity index (χ1n) is 6.42. The van der Waals surface area contributed by atoms with Crippen LogP contribution in [0.3, 0.4) is 0 Å². The lowest BCUT2D eigenvalue weighted by atomic mass is 9.80. The zero-order valence-corrected chi connectivity index (χ0v) is 11.2. The van der Waals surface area contributed by atoms with E-state index in [1.165, 1.54) is 24.3 Å². The molecule has 22 heavy (non-hydrogen) atoms. The highest BCUT2D eigenvalue weighted by atomic mass is 16.4. The minimum absolute atomic E-state index is 0.0102. The predicted octanol–water partition coefficient (Wildman–Crippen LogP) is 0.551. The van der Waals surface area contributed by atoms with Gasteiger partial charge < -0.3 is 24.7 Å².